The highest BCUT2D eigenvalue weighted by atomic mass is 35.5. The van der Waals surface area contributed by atoms with Crippen LogP contribution >= 0.6 is 34.5 Å². The van der Waals surface area contributed by atoms with E-state index in [-0.39, 0.29) is 12.4 Å². The second-order valence-corrected chi connectivity index (χ2v) is 13.0. The number of halogens is 2. The first-order chi connectivity index (χ1) is 22.9. The van der Waals surface area contributed by atoms with Crippen LogP contribution in [0, 0.1) is 0 Å². The first kappa shape index (κ1) is 34.7. The number of likely N-dealkylation sites (tertiary alicyclic amines) is 1. The number of methoxy groups -OCH3 is 2. The Morgan fingerprint density at radius 1 is 0.936 bits per heavy atom. The maximum Gasteiger partial charge on any atom is 0.348 e. The summed E-state index contributed by atoms with van der Waals surface area (Å²) in [4.78, 5) is 34.3. The van der Waals surface area contributed by atoms with Gasteiger partial charge in [0.05, 0.1) is 24.3 Å². The Hall–Kier alpha value is -3.67. The quantitative estimate of drug-likeness (QED) is 0.131. The van der Waals surface area contributed by atoms with Crippen molar-refractivity contribution in [3.8, 4) is 11.5 Å². The van der Waals surface area contributed by atoms with Gasteiger partial charge < -0.3 is 18.9 Å². The number of hydrogen-bond acceptors (Lipinski definition) is 10. The van der Waals surface area contributed by atoms with Gasteiger partial charge in [0.2, 0.25) is 0 Å². The summed E-state index contributed by atoms with van der Waals surface area (Å²) in [6.07, 6.45) is 4.83. The van der Waals surface area contributed by atoms with Crippen molar-refractivity contribution >= 4 is 46.5 Å². The predicted octanol–water partition coefficient (Wildman–Crippen LogP) is 7.08. The number of esters is 2. The van der Waals surface area contributed by atoms with E-state index in [1.807, 2.05) is 36.4 Å². The Labute approximate surface area is 288 Å². The fourth-order valence-corrected chi connectivity index (χ4v) is 6.78. The Kier molecular flexibility index (Phi) is 12.5. The molecule has 1 N–H and O–H groups in total. The molecule has 2 atom stereocenters. The average molecular weight is 699 g/mol. The van der Waals surface area contributed by atoms with Gasteiger partial charge in [-0.15, -0.1) is 11.3 Å². The lowest BCUT2D eigenvalue weighted by molar-refractivity contribution is -0.146. The molecule has 1 fully saturated rings. The van der Waals surface area contributed by atoms with Gasteiger partial charge in [-0.1, -0.05) is 59.6 Å². The largest absolute Gasteiger partial charge is 0.493 e. The van der Waals surface area contributed by atoms with Gasteiger partial charge >= 0.3 is 11.9 Å². The van der Waals surface area contributed by atoms with Crippen LogP contribution in [0.5, 0.6) is 11.5 Å². The maximum atomic E-state index is 13.5. The minimum atomic E-state index is -0.749. The van der Waals surface area contributed by atoms with E-state index >= 15 is 0 Å². The van der Waals surface area contributed by atoms with Crippen molar-refractivity contribution in [2.75, 3.05) is 40.5 Å². The number of carbonyl (C=O) groups excluding carboxylic acids is 2. The number of nitrogens with one attached hydrogen (secondary N) is 1. The summed E-state index contributed by atoms with van der Waals surface area (Å²) < 4.78 is 22.6. The topological polar surface area (TPSA) is 99.2 Å². The summed E-state index contributed by atoms with van der Waals surface area (Å²) in [6, 6.07) is 17.7. The van der Waals surface area contributed by atoms with E-state index in [2.05, 4.69) is 15.2 Å². The molecule has 0 bridgehead atoms. The number of pyridine rings is 1. The van der Waals surface area contributed by atoms with Gasteiger partial charge in [0.15, 0.2) is 11.5 Å². The number of aromatic nitrogens is 1. The zero-order valence-electron chi connectivity index (χ0n) is 26.2. The van der Waals surface area contributed by atoms with Crippen molar-refractivity contribution in [1.82, 2.24) is 15.2 Å². The molecule has 1 aliphatic heterocycles. The molecule has 0 radical (unpaired) electrons. The first-order valence-corrected chi connectivity index (χ1v) is 16.9. The molecule has 0 spiro atoms. The molecule has 12 heteroatoms. The summed E-state index contributed by atoms with van der Waals surface area (Å²) in [5.74, 6) is 0.187. The Morgan fingerprint density at radius 2 is 1.66 bits per heavy atom. The normalized spacial score (nSPS) is 14.4. The van der Waals surface area contributed by atoms with E-state index in [4.69, 9.17) is 42.1 Å². The first-order valence-electron chi connectivity index (χ1n) is 15.3. The van der Waals surface area contributed by atoms with Crippen molar-refractivity contribution in [3.63, 3.8) is 0 Å². The molecular weight excluding hydrogens is 661 g/mol. The van der Waals surface area contributed by atoms with E-state index in [0.717, 1.165) is 30.1 Å². The van der Waals surface area contributed by atoms with E-state index in [9.17, 15) is 9.59 Å². The van der Waals surface area contributed by atoms with Crippen molar-refractivity contribution in [2.24, 2.45) is 0 Å². The number of nitrogens with zero attached hydrogens (tertiary/aromatic N) is 2. The van der Waals surface area contributed by atoms with E-state index in [0.29, 0.717) is 50.7 Å². The minimum absolute atomic E-state index is 0.208. The highest BCUT2D eigenvalue weighted by Gasteiger charge is 2.25. The van der Waals surface area contributed by atoms with E-state index in [1.165, 1.54) is 43.7 Å². The van der Waals surface area contributed by atoms with Gasteiger partial charge in [-0.2, -0.15) is 0 Å². The van der Waals surface area contributed by atoms with Gasteiger partial charge in [0.25, 0.3) is 0 Å². The third-order valence-corrected chi connectivity index (χ3v) is 9.65. The lowest BCUT2D eigenvalue weighted by Gasteiger charge is -2.21. The van der Waals surface area contributed by atoms with Crippen LogP contribution in [-0.4, -0.2) is 62.3 Å². The molecule has 0 saturated carbocycles. The molecule has 47 heavy (non-hydrogen) atoms. The number of thiophene rings is 1. The maximum absolute atomic E-state index is 13.5. The van der Waals surface area contributed by atoms with Gasteiger partial charge in [-0.3, -0.25) is 15.2 Å². The summed E-state index contributed by atoms with van der Waals surface area (Å²) >= 11 is 14.2. The molecule has 0 aliphatic carbocycles. The molecule has 1 aliphatic rings. The lowest BCUT2D eigenvalue weighted by Crippen LogP contribution is -2.32. The average Bonchev–Trinajstić information content (AvgIpc) is 3.79. The Bertz CT molecular complexity index is 1630. The second-order valence-electron chi connectivity index (χ2n) is 11.0. The van der Waals surface area contributed by atoms with Crippen LogP contribution < -0.4 is 14.8 Å². The van der Waals surface area contributed by atoms with E-state index in [1.54, 1.807) is 31.4 Å². The van der Waals surface area contributed by atoms with Crippen molar-refractivity contribution < 1.29 is 28.5 Å². The summed E-state index contributed by atoms with van der Waals surface area (Å²) in [5, 5.41) is 4.06. The minimum Gasteiger partial charge on any atom is -0.493 e. The summed E-state index contributed by atoms with van der Waals surface area (Å²) in [5.41, 5.74) is 2.08. The third-order valence-electron chi connectivity index (χ3n) is 7.93. The van der Waals surface area contributed by atoms with Crippen LogP contribution in [-0.2, 0) is 27.2 Å². The monoisotopic (exact) mass is 697 g/mol. The molecule has 5 rings (SSSR count). The van der Waals surface area contributed by atoms with Crippen molar-refractivity contribution in [2.45, 2.75) is 38.0 Å². The molecule has 248 valence electrons. The van der Waals surface area contributed by atoms with Gasteiger partial charge in [0, 0.05) is 36.8 Å². The van der Waals surface area contributed by atoms with Gasteiger partial charge in [0.1, 0.15) is 23.6 Å². The van der Waals surface area contributed by atoms with E-state index < -0.39 is 18.1 Å². The second kappa shape index (κ2) is 16.9. The molecule has 2 aromatic heterocycles. The number of ether oxygens (including phenoxy) is 4. The fraction of sp³-hybridized carbons (Fsp3) is 0.343. The zero-order valence-corrected chi connectivity index (χ0v) is 28.6. The summed E-state index contributed by atoms with van der Waals surface area (Å²) in [6.45, 7) is 3.51. The standard InChI is InChI=1S/C35H37Cl2N3O6S/c1-43-29-12-10-24(18-31(29)44-2)30(19-26-27(36)21-38-22-28(26)37)46-34(41)32-13-11-25(47-32)20-39-33(23-8-4-3-5-9-23)35(42)45-17-16-40-14-6-7-15-40/h3-5,8-13,18,21-22,30,33,39H,6-7,14-17,19-20H2,1-2H3/t30-,33?/m0/s1. The highest BCUT2D eigenvalue weighted by Crippen LogP contribution is 2.36. The van der Waals surface area contributed by atoms with Gasteiger partial charge in [-0.05, 0) is 66.9 Å². The fourth-order valence-electron chi connectivity index (χ4n) is 5.42. The SMILES string of the molecule is COc1ccc([C@H](Cc2c(Cl)cncc2Cl)OC(=O)c2ccc(CNC(C(=O)OCCN3CCCC3)c3ccccc3)s2)cc1OC. The molecule has 4 aromatic rings. The molecule has 2 aromatic carbocycles. The van der Waals surface area contributed by atoms with Crippen LogP contribution in [0.15, 0.2) is 73.1 Å². The van der Waals surface area contributed by atoms with Crippen LogP contribution in [0.1, 0.15) is 56.2 Å². The zero-order chi connectivity index (χ0) is 33.2. The number of benzene rings is 2. The Morgan fingerprint density at radius 3 is 2.36 bits per heavy atom. The highest BCUT2D eigenvalue weighted by molar-refractivity contribution is 7.13. The van der Waals surface area contributed by atoms with Crippen LogP contribution in [0.4, 0.5) is 0 Å². The number of rotatable bonds is 15. The molecule has 3 heterocycles. The van der Waals surface area contributed by atoms with Gasteiger partial charge in [-0.25, -0.2) is 9.59 Å². The Balaban J connectivity index is 1.28. The van der Waals surface area contributed by atoms with Crippen LogP contribution in [0.2, 0.25) is 10.0 Å². The molecule has 9 nitrogen and oxygen atoms in total. The molecule has 1 saturated heterocycles. The van der Waals surface area contributed by atoms with Crippen LogP contribution in [0.3, 0.4) is 0 Å². The van der Waals surface area contributed by atoms with Crippen molar-refractivity contribution in [1.29, 1.82) is 0 Å². The van der Waals surface area contributed by atoms with Crippen molar-refractivity contribution in [3.05, 3.63) is 110 Å². The number of carbonyl (C=O) groups is 2. The lowest BCUT2D eigenvalue weighted by atomic mass is 10.0. The molecular formula is C35H37Cl2N3O6S. The number of hydrogen-bond donors (Lipinski definition) is 1. The molecule has 0 amide bonds. The van der Waals surface area contributed by atoms with Crippen LogP contribution in [0.25, 0.3) is 0 Å². The third kappa shape index (κ3) is 9.24. The molecule has 1 unspecified atom stereocenters. The smallest absolute Gasteiger partial charge is 0.348 e. The predicted molar refractivity (Wildman–Crippen MR) is 183 cm³/mol. The summed E-state index contributed by atoms with van der Waals surface area (Å²) in [7, 11) is 3.09.